The SMILES string of the molecule is CN(C)CCOC(=O)CCC(=O)Cl.Cl. The van der Waals surface area contributed by atoms with Crippen LogP contribution in [-0.4, -0.2) is 43.4 Å². The smallest absolute Gasteiger partial charge is 0.306 e. The molecular formula is C8H15Cl2NO3. The molecule has 0 atom stereocenters. The van der Waals surface area contributed by atoms with Gasteiger partial charge in [0.1, 0.15) is 6.61 Å². The Morgan fingerprint density at radius 3 is 2.29 bits per heavy atom. The Bertz CT molecular complexity index is 185. The summed E-state index contributed by atoms with van der Waals surface area (Å²) in [6, 6.07) is 0. The molecule has 0 radical (unpaired) electrons. The summed E-state index contributed by atoms with van der Waals surface area (Å²) in [7, 11) is 3.77. The highest BCUT2D eigenvalue weighted by atomic mass is 35.5. The second-order valence-electron chi connectivity index (χ2n) is 2.88. The number of hydrogen-bond acceptors (Lipinski definition) is 4. The monoisotopic (exact) mass is 243 g/mol. The van der Waals surface area contributed by atoms with Crippen molar-refractivity contribution in [2.24, 2.45) is 0 Å². The highest BCUT2D eigenvalue weighted by Crippen LogP contribution is 1.96. The third-order valence-electron chi connectivity index (χ3n) is 1.33. The van der Waals surface area contributed by atoms with E-state index in [2.05, 4.69) is 0 Å². The molecule has 0 aliphatic heterocycles. The summed E-state index contributed by atoms with van der Waals surface area (Å²) < 4.78 is 4.81. The van der Waals surface area contributed by atoms with Crippen LogP contribution in [0.1, 0.15) is 12.8 Å². The first kappa shape index (κ1) is 16.1. The van der Waals surface area contributed by atoms with Gasteiger partial charge in [-0.3, -0.25) is 9.59 Å². The lowest BCUT2D eigenvalue weighted by Gasteiger charge is -2.09. The summed E-state index contributed by atoms with van der Waals surface area (Å²) in [4.78, 5) is 23.1. The van der Waals surface area contributed by atoms with Gasteiger partial charge in [0.25, 0.3) is 0 Å². The predicted octanol–water partition coefficient (Wildman–Crippen LogP) is 1.06. The van der Waals surface area contributed by atoms with Gasteiger partial charge in [-0.05, 0) is 25.7 Å². The van der Waals surface area contributed by atoms with Crippen LogP contribution in [0.25, 0.3) is 0 Å². The molecule has 0 fully saturated rings. The predicted molar refractivity (Wildman–Crippen MR) is 56.9 cm³/mol. The lowest BCUT2D eigenvalue weighted by atomic mass is 10.3. The maximum Gasteiger partial charge on any atom is 0.306 e. The van der Waals surface area contributed by atoms with E-state index in [0.717, 1.165) is 0 Å². The van der Waals surface area contributed by atoms with Gasteiger partial charge in [0, 0.05) is 13.0 Å². The van der Waals surface area contributed by atoms with E-state index in [-0.39, 0.29) is 31.2 Å². The van der Waals surface area contributed by atoms with Crippen LogP contribution < -0.4 is 0 Å². The van der Waals surface area contributed by atoms with Crippen molar-refractivity contribution in [3.8, 4) is 0 Å². The van der Waals surface area contributed by atoms with Crippen molar-refractivity contribution >= 4 is 35.2 Å². The standard InChI is InChI=1S/C8H14ClNO3.ClH/c1-10(2)5-6-13-8(12)4-3-7(9)11;/h3-6H2,1-2H3;1H. The minimum atomic E-state index is -0.510. The Morgan fingerprint density at radius 2 is 1.86 bits per heavy atom. The summed E-state index contributed by atoms with van der Waals surface area (Å²) in [6.45, 7) is 1.03. The van der Waals surface area contributed by atoms with Crippen molar-refractivity contribution in [3.63, 3.8) is 0 Å². The minimum absolute atomic E-state index is 0. The molecule has 6 heteroatoms. The number of nitrogens with zero attached hydrogens (tertiary/aromatic N) is 1. The fourth-order valence-electron chi connectivity index (χ4n) is 0.615. The summed E-state index contributed by atoms with van der Waals surface area (Å²) >= 11 is 5.05. The van der Waals surface area contributed by atoms with Crippen molar-refractivity contribution in [1.82, 2.24) is 4.90 Å². The number of likely N-dealkylation sites (N-methyl/N-ethyl adjacent to an activating group) is 1. The Hall–Kier alpha value is -0.320. The molecule has 0 heterocycles. The van der Waals surface area contributed by atoms with Crippen LogP contribution in [0.15, 0.2) is 0 Å². The van der Waals surface area contributed by atoms with Crippen LogP contribution in [0.4, 0.5) is 0 Å². The van der Waals surface area contributed by atoms with Gasteiger partial charge in [0.05, 0.1) is 6.42 Å². The van der Waals surface area contributed by atoms with Crippen LogP contribution in [0.5, 0.6) is 0 Å². The fourth-order valence-corrected chi connectivity index (χ4v) is 0.709. The average Bonchev–Trinajstić information content (AvgIpc) is 2.00. The zero-order chi connectivity index (χ0) is 10.3. The molecule has 14 heavy (non-hydrogen) atoms. The molecular weight excluding hydrogens is 229 g/mol. The molecule has 0 aliphatic rings. The summed E-state index contributed by atoms with van der Waals surface area (Å²) in [6.07, 6.45) is 0.109. The van der Waals surface area contributed by atoms with E-state index >= 15 is 0 Å². The van der Waals surface area contributed by atoms with Crippen LogP contribution in [0.2, 0.25) is 0 Å². The zero-order valence-corrected chi connectivity index (χ0v) is 9.86. The van der Waals surface area contributed by atoms with Gasteiger partial charge >= 0.3 is 5.97 Å². The number of esters is 1. The summed E-state index contributed by atoms with van der Waals surface area (Å²) in [5.41, 5.74) is 0. The molecule has 0 aliphatic carbocycles. The third-order valence-corrected chi connectivity index (χ3v) is 1.52. The highest BCUT2D eigenvalue weighted by Gasteiger charge is 2.05. The van der Waals surface area contributed by atoms with E-state index in [1.807, 2.05) is 19.0 Å². The average molecular weight is 244 g/mol. The Labute approximate surface area is 94.9 Å². The maximum atomic E-state index is 10.9. The molecule has 0 bridgehead atoms. The Balaban J connectivity index is 0. The third kappa shape index (κ3) is 11.7. The highest BCUT2D eigenvalue weighted by molar-refractivity contribution is 6.63. The van der Waals surface area contributed by atoms with Crippen molar-refractivity contribution < 1.29 is 14.3 Å². The topological polar surface area (TPSA) is 46.6 Å². The molecule has 0 rings (SSSR count). The molecule has 0 aromatic carbocycles. The molecule has 0 N–H and O–H groups in total. The van der Waals surface area contributed by atoms with Gasteiger partial charge in [0.2, 0.25) is 5.24 Å². The fraction of sp³-hybridized carbons (Fsp3) is 0.750. The number of halogens is 2. The van der Waals surface area contributed by atoms with Crippen LogP contribution in [0.3, 0.4) is 0 Å². The number of rotatable bonds is 6. The molecule has 0 spiro atoms. The molecule has 0 amide bonds. The van der Waals surface area contributed by atoms with Gasteiger partial charge in [-0.2, -0.15) is 0 Å². The van der Waals surface area contributed by atoms with Crippen LogP contribution >= 0.6 is 24.0 Å². The van der Waals surface area contributed by atoms with Gasteiger partial charge in [-0.15, -0.1) is 12.4 Å². The first-order chi connectivity index (χ1) is 6.02. The second-order valence-corrected chi connectivity index (χ2v) is 3.30. The van der Waals surface area contributed by atoms with Crippen molar-refractivity contribution in [2.75, 3.05) is 27.2 Å². The van der Waals surface area contributed by atoms with Gasteiger partial charge in [-0.1, -0.05) is 0 Å². The van der Waals surface area contributed by atoms with E-state index in [0.29, 0.717) is 13.2 Å². The first-order valence-electron chi connectivity index (χ1n) is 4.01. The van der Waals surface area contributed by atoms with Gasteiger partial charge in [-0.25, -0.2) is 0 Å². The summed E-state index contributed by atoms with van der Waals surface area (Å²) in [5.74, 6) is -0.379. The molecule has 0 aromatic heterocycles. The first-order valence-corrected chi connectivity index (χ1v) is 4.39. The second kappa shape index (κ2) is 9.24. The Kier molecular flexibility index (Phi) is 10.6. The number of carbonyl (C=O) groups excluding carboxylic acids is 2. The largest absolute Gasteiger partial charge is 0.464 e. The number of ether oxygens (including phenoxy) is 1. The van der Waals surface area contributed by atoms with E-state index in [1.54, 1.807) is 0 Å². The van der Waals surface area contributed by atoms with E-state index in [1.165, 1.54) is 0 Å². The molecule has 0 aromatic rings. The zero-order valence-electron chi connectivity index (χ0n) is 8.29. The maximum absolute atomic E-state index is 10.9. The molecule has 84 valence electrons. The quantitative estimate of drug-likeness (QED) is 0.517. The van der Waals surface area contributed by atoms with Crippen molar-refractivity contribution in [1.29, 1.82) is 0 Å². The number of carbonyl (C=O) groups is 2. The van der Waals surface area contributed by atoms with Gasteiger partial charge < -0.3 is 9.64 Å². The van der Waals surface area contributed by atoms with Crippen molar-refractivity contribution in [3.05, 3.63) is 0 Å². The van der Waals surface area contributed by atoms with E-state index < -0.39 is 5.24 Å². The molecule has 0 saturated carbocycles. The minimum Gasteiger partial charge on any atom is -0.464 e. The Morgan fingerprint density at radius 1 is 1.29 bits per heavy atom. The van der Waals surface area contributed by atoms with Gasteiger partial charge in [0.15, 0.2) is 0 Å². The van der Waals surface area contributed by atoms with E-state index in [4.69, 9.17) is 16.3 Å². The van der Waals surface area contributed by atoms with E-state index in [9.17, 15) is 9.59 Å². The lowest BCUT2D eigenvalue weighted by molar-refractivity contribution is -0.144. The molecule has 0 unspecified atom stereocenters. The van der Waals surface area contributed by atoms with Crippen molar-refractivity contribution in [2.45, 2.75) is 12.8 Å². The number of hydrogen-bond donors (Lipinski definition) is 0. The lowest BCUT2D eigenvalue weighted by Crippen LogP contribution is -2.20. The summed E-state index contributed by atoms with van der Waals surface area (Å²) in [5, 5.41) is -0.510. The van der Waals surface area contributed by atoms with Crippen LogP contribution in [-0.2, 0) is 14.3 Å². The molecule has 4 nitrogen and oxygen atoms in total. The molecule has 0 saturated heterocycles. The van der Waals surface area contributed by atoms with Crippen LogP contribution in [0, 0.1) is 0 Å². The normalized spacial score (nSPS) is 9.43.